The highest BCUT2D eigenvalue weighted by molar-refractivity contribution is 6.42. The molecule has 9 heteroatoms. The lowest BCUT2D eigenvalue weighted by Crippen LogP contribution is -2.47. The zero-order valence-corrected chi connectivity index (χ0v) is 25.1. The predicted octanol–water partition coefficient (Wildman–Crippen LogP) is 6.84. The summed E-state index contributed by atoms with van der Waals surface area (Å²) in [5.74, 6) is 0.00614. The third-order valence-corrected chi connectivity index (χ3v) is 8.46. The van der Waals surface area contributed by atoms with E-state index in [9.17, 15) is 9.59 Å². The van der Waals surface area contributed by atoms with Crippen molar-refractivity contribution in [2.45, 2.75) is 50.9 Å². The van der Waals surface area contributed by atoms with Gasteiger partial charge in [-0.15, -0.1) is 0 Å². The maximum absolute atomic E-state index is 13.2. The van der Waals surface area contributed by atoms with Crippen LogP contribution in [0.25, 0.3) is 10.9 Å². The second-order valence-electron chi connectivity index (χ2n) is 10.7. The number of Topliss-reactive ketones (excluding diaryl/α,β-unsaturated/α-hetero) is 1. The number of hydrogen-bond acceptors (Lipinski definition) is 6. The molecular weight excluding hydrogens is 571 g/mol. The molecule has 3 N–H and O–H groups in total. The molecule has 0 bridgehead atoms. The van der Waals surface area contributed by atoms with E-state index in [4.69, 9.17) is 32.9 Å². The van der Waals surface area contributed by atoms with Crippen molar-refractivity contribution in [3.05, 3.63) is 111 Å². The van der Waals surface area contributed by atoms with E-state index in [-0.39, 0.29) is 24.3 Å². The van der Waals surface area contributed by atoms with E-state index in [1.165, 1.54) is 0 Å². The molecule has 0 saturated carbocycles. The zero-order valence-electron chi connectivity index (χ0n) is 23.6. The Kier molecular flexibility index (Phi) is 9.75. The molecule has 7 nitrogen and oxygen atoms in total. The number of amides is 1. The first-order valence-corrected chi connectivity index (χ1v) is 14.9. The number of alkyl carbamates (subject to hydrolysis) is 1. The molecule has 0 saturated heterocycles. The van der Waals surface area contributed by atoms with Gasteiger partial charge in [-0.3, -0.25) is 15.1 Å². The molecule has 3 aromatic carbocycles. The standard InChI is InChI=1S/C33H34Cl2N4O3/c1-20(23-12-13-26(34)27(35)18-23)16-30(37-19-31(40)22-8-4-3-5-9-22)21(2)42-33(41)39-32-25-17-24-10-6-7-11-28(24)38-29(25)14-15-36-32/h3-13,17-18,20-21,30,32,36-37H,14-16,19H2,1-2H3,(H,39,41). The third-order valence-electron chi connectivity index (χ3n) is 7.72. The van der Waals surface area contributed by atoms with Gasteiger partial charge in [0.1, 0.15) is 12.3 Å². The first-order valence-electron chi connectivity index (χ1n) is 14.1. The van der Waals surface area contributed by atoms with Crippen molar-refractivity contribution < 1.29 is 14.3 Å². The van der Waals surface area contributed by atoms with Crippen molar-refractivity contribution in [3.8, 4) is 0 Å². The van der Waals surface area contributed by atoms with Gasteiger partial charge in [-0.25, -0.2) is 4.79 Å². The van der Waals surface area contributed by atoms with Gasteiger partial charge in [-0.2, -0.15) is 0 Å². The van der Waals surface area contributed by atoms with Crippen molar-refractivity contribution in [1.29, 1.82) is 0 Å². The number of hydrogen-bond donors (Lipinski definition) is 3. The number of nitrogens with zero attached hydrogens (tertiary/aromatic N) is 1. The molecule has 4 unspecified atom stereocenters. The van der Waals surface area contributed by atoms with Crippen molar-refractivity contribution in [2.24, 2.45) is 0 Å². The molecule has 2 heterocycles. The minimum absolute atomic E-state index is 0.0396. The van der Waals surface area contributed by atoms with Crippen LogP contribution in [0.15, 0.2) is 78.9 Å². The number of aromatic nitrogens is 1. The lowest BCUT2D eigenvalue weighted by atomic mass is 9.91. The molecular formula is C33H34Cl2N4O3. The molecule has 1 aromatic heterocycles. The van der Waals surface area contributed by atoms with Gasteiger partial charge in [-0.1, -0.05) is 84.7 Å². The average molecular weight is 606 g/mol. The topological polar surface area (TPSA) is 92.3 Å². The van der Waals surface area contributed by atoms with Gasteiger partial charge in [0.2, 0.25) is 0 Å². The number of pyridine rings is 1. The van der Waals surface area contributed by atoms with Crippen LogP contribution in [0, 0.1) is 0 Å². The Labute approximate surface area is 256 Å². The number of carbonyl (C=O) groups is 2. The lowest BCUT2D eigenvalue weighted by Gasteiger charge is -2.30. The Morgan fingerprint density at radius 2 is 1.76 bits per heavy atom. The molecule has 5 rings (SSSR count). The van der Waals surface area contributed by atoms with Crippen LogP contribution < -0.4 is 16.0 Å². The van der Waals surface area contributed by atoms with Crippen molar-refractivity contribution >= 4 is 46.0 Å². The van der Waals surface area contributed by atoms with Crippen LogP contribution in [0.1, 0.15) is 59.5 Å². The van der Waals surface area contributed by atoms with Gasteiger partial charge in [0.25, 0.3) is 0 Å². The fraction of sp³-hybridized carbons (Fsp3) is 0.303. The molecule has 0 aliphatic carbocycles. The summed E-state index contributed by atoms with van der Waals surface area (Å²) in [5, 5.41) is 11.7. The Morgan fingerprint density at radius 3 is 2.55 bits per heavy atom. The van der Waals surface area contributed by atoms with Crippen LogP contribution in [-0.2, 0) is 11.2 Å². The highest BCUT2D eigenvalue weighted by Gasteiger charge is 2.28. The fourth-order valence-electron chi connectivity index (χ4n) is 5.33. The summed E-state index contributed by atoms with van der Waals surface area (Å²) in [7, 11) is 0. The minimum Gasteiger partial charge on any atom is -0.445 e. The SMILES string of the molecule is CC(CC(NCC(=O)c1ccccc1)C(C)OC(=O)NC1NCCc2nc3ccccc3cc21)c1ccc(Cl)c(Cl)c1. The number of ether oxygens (including phenoxy) is 1. The van der Waals surface area contributed by atoms with Crippen molar-refractivity contribution in [1.82, 2.24) is 20.9 Å². The molecule has 42 heavy (non-hydrogen) atoms. The summed E-state index contributed by atoms with van der Waals surface area (Å²) < 4.78 is 5.90. The number of carbonyl (C=O) groups excluding carboxylic acids is 2. The van der Waals surface area contributed by atoms with Gasteiger partial charge >= 0.3 is 6.09 Å². The van der Waals surface area contributed by atoms with Gasteiger partial charge < -0.3 is 15.4 Å². The second-order valence-corrected chi connectivity index (χ2v) is 11.5. The van der Waals surface area contributed by atoms with Gasteiger partial charge in [0, 0.05) is 41.2 Å². The van der Waals surface area contributed by atoms with Gasteiger partial charge in [-0.05, 0) is 49.1 Å². The molecule has 1 aliphatic heterocycles. The molecule has 4 aromatic rings. The molecule has 4 atom stereocenters. The summed E-state index contributed by atoms with van der Waals surface area (Å²) >= 11 is 12.4. The third kappa shape index (κ3) is 7.28. The van der Waals surface area contributed by atoms with E-state index in [2.05, 4.69) is 28.9 Å². The number of nitrogens with one attached hydrogen (secondary N) is 3. The lowest BCUT2D eigenvalue weighted by molar-refractivity contribution is 0.0747. The van der Waals surface area contributed by atoms with Crippen LogP contribution >= 0.6 is 23.2 Å². The molecule has 0 radical (unpaired) electrons. The predicted molar refractivity (Wildman–Crippen MR) is 167 cm³/mol. The van der Waals surface area contributed by atoms with E-state index < -0.39 is 18.4 Å². The van der Waals surface area contributed by atoms with Crippen molar-refractivity contribution in [3.63, 3.8) is 0 Å². The average Bonchev–Trinajstić information content (AvgIpc) is 2.99. The molecule has 218 valence electrons. The summed E-state index contributed by atoms with van der Waals surface area (Å²) in [5.41, 5.74) is 4.45. The maximum Gasteiger partial charge on any atom is 0.408 e. The smallest absolute Gasteiger partial charge is 0.408 e. The normalized spacial score (nSPS) is 16.7. The van der Waals surface area contributed by atoms with E-state index >= 15 is 0 Å². The molecule has 0 spiro atoms. The largest absolute Gasteiger partial charge is 0.445 e. The summed E-state index contributed by atoms with van der Waals surface area (Å²) in [6.07, 6.45) is -0.153. The Hall–Kier alpha value is -3.49. The van der Waals surface area contributed by atoms with E-state index in [0.29, 0.717) is 28.6 Å². The van der Waals surface area contributed by atoms with E-state index in [1.807, 2.05) is 61.5 Å². The maximum atomic E-state index is 13.2. The number of fused-ring (bicyclic) bond motifs is 2. The first-order chi connectivity index (χ1) is 20.3. The summed E-state index contributed by atoms with van der Waals surface area (Å²) in [4.78, 5) is 30.9. The Balaban J connectivity index is 1.28. The second kappa shape index (κ2) is 13.7. The number of ketones is 1. The van der Waals surface area contributed by atoms with Gasteiger partial charge in [0.05, 0.1) is 22.1 Å². The van der Waals surface area contributed by atoms with Crippen molar-refractivity contribution in [2.75, 3.05) is 13.1 Å². The Morgan fingerprint density at radius 1 is 1.00 bits per heavy atom. The zero-order chi connectivity index (χ0) is 29.6. The molecule has 1 aliphatic rings. The monoisotopic (exact) mass is 604 g/mol. The van der Waals surface area contributed by atoms with Crippen LogP contribution in [0.2, 0.25) is 10.0 Å². The molecule has 1 amide bonds. The number of rotatable bonds is 10. The Bertz CT molecular complexity index is 1570. The van der Waals surface area contributed by atoms with Crippen LogP contribution in [-0.4, -0.2) is 42.1 Å². The van der Waals surface area contributed by atoms with Crippen LogP contribution in [0.4, 0.5) is 4.79 Å². The van der Waals surface area contributed by atoms with Crippen LogP contribution in [0.3, 0.4) is 0 Å². The van der Waals surface area contributed by atoms with E-state index in [0.717, 1.165) is 34.1 Å². The minimum atomic E-state index is -0.551. The van der Waals surface area contributed by atoms with E-state index in [1.54, 1.807) is 18.2 Å². The first kappa shape index (κ1) is 30.0. The number of para-hydroxylation sites is 1. The summed E-state index contributed by atoms with van der Waals surface area (Å²) in [6.45, 7) is 4.70. The summed E-state index contributed by atoms with van der Waals surface area (Å²) in [6, 6.07) is 24.4. The fourth-order valence-corrected chi connectivity index (χ4v) is 5.63. The molecule has 0 fully saturated rings. The van der Waals surface area contributed by atoms with Crippen LogP contribution in [0.5, 0.6) is 0 Å². The number of benzene rings is 3. The number of halogens is 2. The van der Waals surface area contributed by atoms with Gasteiger partial charge in [0.15, 0.2) is 5.78 Å². The highest BCUT2D eigenvalue weighted by atomic mass is 35.5. The highest BCUT2D eigenvalue weighted by Crippen LogP contribution is 2.30. The quantitative estimate of drug-likeness (QED) is 0.172.